The summed E-state index contributed by atoms with van der Waals surface area (Å²) in [5.41, 5.74) is 0.0228. The lowest BCUT2D eigenvalue weighted by Gasteiger charge is -2.42. The van der Waals surface area contributed by atoms with Crippen molar-refractivity contribution in [1.82, 2.24) is 5.32 Å². The maximum atomic E-state index is 6.04. The summed E-state index contributed by atoms with van der Waals surface area (Å²) in [5.74, 6) is 0.960. The SMILES string of the molecule is CCCC1(CCC)NC(C2CC2)CCO1. The number of rotatable bonds is 5. The van der Waals surface area contributed by atoms with Crippen molar-refractivity contribution < 1.29 is 4.74 Å². The Hall–Kier alpha value is -0.0800. The second-order valence-electron chi connectivity index (χ2n) is 5.22. The summed E-state index contributed by atoms with van der Waals surface area (Å²) >= 11 is 0. The van der Waals surface area contributed by atoms with Crippen molar-refractivity contribution in [2.75, 3.05) is 6.61 Å². The Balaban J connectivity index is 1.95. The summed E-state index contributed by atoms with van der Waals surface area (Å²) in [6.45, 7) is 5.47. The van der Waals surface area contributed by atoms with Crippen LogP contribution in [0.4, 0.5) is 0 Å². The van der Waals surface area contributed by atoms with Gasteiger partial charge in [0.2, 0.25) is 0 Å². The maximum absolute atomic E-state index is 6.04. The number of hydrogen-bond acceptors (Lipinski definition) is 2. The molecule has 2 heteroatoms. The van der Waals surface area contributed by atoms with E-state index in [0.29, 0.717) is 0 Å². The van der Waals surface area contributed by atoms with Crippen molar-refractivity contribution in [3.63, 3.8) is 0 Å². The topological polar surface area (TPSA) is 21.3 Å². The fourth-order valence-corrected chi connectivity index (χ4v) is 2.91. The Labute approximate surface area is 93.8 Å². The molecule has 1 saturated carbocycles. The van der Waals surface area contributed by atoms with E-state index in [1.165, 1.54) is 44.9 Å². The lowest BCUT2D eigenvalue weighted by Crippen LogP contribution is -2.57. The molecule has 88 valence electrons. The average Bonchev–Trinajstić information content (AvgIpc) is 3.02. The first-order valence-corrected chi connectivity index (χ1v) is 6.71. The lowest BCUT2D eigenvalue weighted by atomic mass is 9.96. The number of hydrogen-bond donors (Lipinski definition) is 1. The standard InChI is InChI=1S/C13H25NO/c1-3-8-13(9-4-2)14-12(7-10-15-13)11-5-6-11/h11-12,14H,3-10H2,1-2H3. The van der Waals surface area contributed by atoms with E-state index in [1.807, 2.05) is 0 Å². The van der Waals surface area contributed by atoms with Crippen LogP contribution >= 0.6 is 0 Å². The van der Waals surface area contributed by atoms with Crippen molar-refractivity contribution in [2.45, 2.75) is 70.6 Å². The van der Waals surface area contributed by atoms with Gasteiger partial charge in [0.15, 0.2) is 0 Å². The molecule has 0 aromatic carbocycles. The number of nitrogens with one attached hydrogen (secondary N) is 1. The molecule has 1 saturated heterocycles. The van der Waals surface area contributed by atoms with Crippen molar-refractivity contribution in [2.24, 2.45) is 5.92 Å². The molecule has 0 aromatic heterocycles. The van der Waals surface area contributed by atoms with Gasteiger partial charge in [-0.15, -0.1) is 0 Å². The van der Waals surface area contributed by atoms with Crippen molar-refractivity contribution in [1.29, 1.82) is 0 Å². The zero-order valence-corrected chi connectivity index (χ0v) is 10.2. The van der Waals surface area contributed by atoms with Gasteiger partial charge in [-0.05, 0) is 38.0 Å². The molecule has 1 heterocycles. The summed E-state index contributed by atoms with van der Waals surface area (Å²) < 4.78 is 6.04. The molecule has 2 aliphatic rings. The molecule has 15 heavy (non-hydrogen) atoms. The molecule has 2 fully saturated rings. The highest BCUT2D eigenvalue weighted by atomic mass is 16.5. The van der Waals surface area contributed by atoms with E-state index in [0.717, 1.165) is 18.6 Å². The van der Waals surface area contributed by atoms with E-state index in [9.17, 15) is 0 Å². The third-order valence-corrected chi connectivity index (χ3v) is 3.75. The highest BCUT2D eigenvalue weighted by Gasteiger charge is 2.41. The molecule has 0 spiro atoms. The summed E-state index contributed by atoms with van der Waals surface area (Å²) in [5, 5.41) is 3.81. The van der Waals surface area contributed by atoms with Crippen LogP contribution in [0.25, 0.3) is 0 Å². The van der Waals surface area contributed by atoms with E-state index < -0.39 is 0 Å². The zero-order valence-electron chi connectivity index (χ0n) is 10.2. The molecule has 1 unspecified atom stereocenters. The molecule has 0 amide bonds. The third-order valence-electron chi connectivity index (χ3n) is 3.75. The monoisotopic (exact) mass is 211 g/mol. The van der Waals surface area contributed by atoms with Gasteiger partial charge < -0.3 is 4.74 Å². The van der Waals surface area contributed by atoms with Crippen LogP contribution < -0.4 is 5.32 Å². The molecule has 2 rings (SSSR count). The predicted octanol–water partition coefficient (Wildman–Crippen LogP) is 3.07. The molecule has 1 atom stereocenters. The van der Waals surface area contributed by atoms with Crippen LogP contribution in [0.5, 0.6) is 0 Å². The number of ether oxygens (including phenoxy) is 1. The van der Waals surface area contributed by atoms with Crippen LogP contribution in [-0.4, -0.2) is 18.4 Å². The Morgan fingerprint density at radius 1 is 1.13 bits per heavy atom. The van der Waals surface area contributed by atoms with E-state index in [-0.39, 0.29) is 5.72 Å². The fourth-order valence-electron chi connectivity index (χ4n) is 2.91. The Morgan fingerprint density at radius 2 is 1.80 bits per heavy atom. The lowest BCUT2D eigenvalue weighted by molar-refractivity contribution is -0.123. The normalized spacial score (nSPS) is 30.4. The highest BCUT2D eigenvalue weighted by Crippen LogP contribution is 2.38. The summed E-state index contributed by atoms with van der Waals surface area (Å²) in [4.78, 5) is 0. The molecule has 2 nitrogen and oxygen atoms in total. The third kappa shape index (κ3) is 2.73. The smallest absolute Gasteiger partial charge is 0.119 e. The van der Waals surface area contributed by atoms with Gasteiger partial charge in [-0.3, -0.25) is 5.32 Å². The predicted molar refractivity (Wildman–Crippen MR) is 62.8 cm³/mol. The van der Waals surface area contributed by atoms with Crippen LogP contribution in [0.1, 0.15) is 58.8 Å². The van der Waals surface area contributed by atoms with Gasteiger partial charge in [0, 0.05) is 6.04 Å². The summed E-state index contributed by atoms with van der Waals surface area (Å²) in [6, 6.07) is 0.747. The van der Waals surface area contributed by atoms with Crippen LogP contribution in [0.15, 0.2) is 0 Å². The minimum Gasteiger partial charge on any atom is -0.361 e. The van der Waals surface area contributed by atoms with E-state index in [1.54, 1.807) is 0 Å². The molecular formula is C13H25NO. The molecule has 1 aliphatic carbocycles. The van der Waals surface area contributed by atoms with E-state index in [2.05, 4.69) is 19.2 Å². The largest absolute Gasteiger partial charge is 0.361 e. The maximum Gasteiger partial charge on any atom is 0.119 e. The van der Waals surface area contributed by atoms with Crippen LogP contribution in [0.3, 0.4) is 0 Å². The fraction of sp³-hybridized carbons (Fsp3) is 1.00. The van der Waals surface area contributed by atoms with Gasteiger partial charge in [-0.2, -0.15) is 0 Å². The molecule has 1 aliphatic heterocycles. The van der Waals surface area contributed by atoms with Crippen LogP contribution in [0.2, 0.25) is 0 Å². The first-order valence-electron chi connectivity index (χ1n) is 6.71. The minimum absolute atomic E-state index is 0.0228. The van der Waals surface area contributed by atoms with Crippen molar-refractivity contribution in [3.8, 4) is 0 Å². The van der Waals surface area contributed by atoms with Gasteiger partial charge in [0.05, 0.1) is 6.61 Å². The first-order chi connectivity index (χ1) is 7.29. The summed E-state index contributed by atoms with van der Waals surface area (Å²) in [7, 11) is 0. The van der Waals surface area contributed by atoms with Gasteiger partial charge >= 0.3 is 0 Å². The molecule has 0 aromatic rings. The second-order valence-corrected chi connectivity index (χ2v) is 5.22. The highest BCUT2D eigenvalue weighted by molar-refractivity contribution is 4.93. The van der Waals surface area contributed by atoms with Gasteiger partial charge in [0.25, 0.3) is 0 Å². The van der Waals surface area contributed by atoms with Gasteiger partial charge in [0.1, 0.15) is 5.72 Å². The molecular weight excluding hydrogens is 186 g/mol. The van der Waals surface area contributed by atoms with Gasteiger partial charge in [-0.1, -0.05) is 26.7 Å². The Bertz CT molecular complexity index is 189. The summed E-state index contributed by atoms with van der Waals surface area (Å²) in [6.07, 6.45) is 8.86. The zero-order chi connectivity index (χ0) is 10.7. The van der Waals surface area contributed by atoms with Gasteiger partial charge in [-0.25, -0.2) is 0 Å². The van der Waals surface area contributed by atoms with Crippen molar-refractivity contribution >= 4 is 0 Å². The van der Waals surface area contributed by atoms with Crippen molar-refractivity contribution in [3.05, 3.63) is 0 Å². The van der Waals surface area contributed by atoms with E-state index >= 15 is 0 Å². The average molecular weight is 211 g/mol. The van der Waals surface area contributed by atoms with Crippen LogP contribution in [0, 0.1) is 5.92 Å². The second kappa shape index (κ2) is 4.84. The van der Waals surface area contributed by atoms with E-state index in [4.69, 9.17) is 4.74 Å². The van der Waals surface area contributed by atoms with Crippen LogP contribution in [-0.2, 0) is 4.74 Å². The molecule has 0 radical (unpaired) electrons. The first kappa shape index (κ1) is 11.4. The minimum atomic E-state index is 0.0228. The quantitative estimate of drug-likeness (QED) is 0.754. The Morgan fingerprint density at radius 3 is 2.33 bits per heavy atom. The molecule has 0 bridgehead atoms. The molecule has 1 N–H and O–H groups in total. The Kier molecular flexibility index (Phi) is 3.68.